The van der Waals surface area contributed by atoms with Crippen LogP contribution in [0.1, 0.15) is 5.56 Å². The topological polar surface area (TPSA) is 141 Å². The van der Waals surface area contributed by atoms with Crippen molar-refractivity contribution in [1.29, 1.82) is 0 Å². The summed E-state index contributed by atoms with van der Waals surface area (Å²) in [7, 11) is 0. The van der Waals surface area contributed by atoms with Gasteiger partial charge in [0.05, 0.1) is 0 Å². The number of carboxylic acid groups (broad SMARTS) is 2. The average Bonchev–Trinajstić information content (AvgIpc) is 3.22. The van der Waals surface area contributed by atoms with Crippen LogP contribution in [0.4, 0.5) is 0 Å². The molecule has 0 amide bonds. The van der Waals surface area contributed by atoms with Crippen LogP contribution in [0.3, 0.4) is 0 Å². The number of carboxylic acids is 2. The molecule has 2 aromatic rings. The first-order valence-corrected chi connectivity index (χ1v) is 6.79. The maximum atomic E-state index is 9.77. The number of aliphatic hydroxyl groups excluding tert-OH is 2. The molecule has 2 rings (SSSR count). The van der Waals surface area contributed by atoms with Crippen molar-refractivity contribution in [2.24, 2.45) is 5.73 Å². The van der Waals surface area contributed by atoms with E-state index in [0.29, 0.717) is 0 Å². The normalized spacial score (nSPS) is 11.5. The molecule has 0 fully saturated rings. The summed E-state index contributed by atoms with van der Waals surface area (Å²) in [6.07, 6.45) is -3.53. The number of aliphatic hydroxyl groups is 2. The van der Waals surface area contributed by atoms with Crippen molar-refractivity contribution in [3.05, 3.63) is 60.2 Å². The van der Waals surface area contributed by atoms with Crippen LogP contribution in [0.2, 0.25) is 0 Å². The zero-order valence-electron chi connectivity index (χ0n) is 12.8. The Morgan fingerprint density at radius 1 is 1.00 bits per heavy atom. The van der Waals surface area contributed by atoms with Gasteiger partial charge in [-0.3, -0.25) is 0 Å². The second-order valence-electron chi connectivity index (χ2n) is 4.36. The quantitative estimate of drug-likeness (QED) is 0.369. The standard InChI is InChI=1S/C7H10N.C5H5.C4H6O6.Fe/c8-6-5-7-3-1-2-4-7;1-2-4-5-3-1;5-1(3(7)8)2(6)4(9)10;/h1-4H,5-6,8H2;1-5H;1-2,5-6H,(H,7,8)(H,9,10);/q2*-1;;+2/t;;1-,2-;/m..1./s1. The van der Waals surface area contributed by atoms with Crippen LogP contribution < -0.4 is 5.73 Å². The molecule has 0 heterocycles. The van der Waals surface area contributed by atoms with Crippen LogP contribution in [0.15, 0.2) is 54.6 Å². The molecule has 0 aromatic heterocycles. The SMILES string of the molecule is NCCc1ccc[cH-]1.O=C(O)[C@H](O)[C@@H](O)C(=O)O.[Fe+2].c1cc[cH-]c1. The Morgan fingerprint density at radius 3 is 1.75 bits per heavy atom. The first kappa shape index (κ1) is 24.3. The van der Waals surface area contributed by atoms with Gasteiger partial charge in [0, 0.05) is 0 Å². The second-order valence-corrected chi connectivity index (χ2v) is 4.36. The minimum Gasteiger partial charge on any atom is -0.479 e. The Labute approximate surface area is 150 Å². The van der Waals surface area contributed by atoms with E-state index in [1.165, 1.54) is 5.56 Å². The van der Waals surface area contributed by atoms with E-state index < -0.39 is 24.1 Å². The van der Waals surface area contributed by atoms with E-state index in [4.69, 9.17) is 26.2 Å². The fourth-order valence-electron chi connectivity index (χ4n) is 1.34. The van der Waals surface area contributed by atoms with Crippen molar-refractivity contribution in [3.63, 3.8) is 0 Å². The first-order chi connectivity index (χ1) is 10.9. The summed E-state index contributed by atoms with van der Waals surface area (Å²) in [4.78, 5) is 19.5. The maximum Gasteiger partial charge on any atom is 2.00 e. The van der Waals surface area contributed by atoms with E-state index in [1.807, 2.05) is 42.5 Å². The number of hydrogen-bond donors (Lipinski definition) is 5. The summed E-state index contributed by atoms with van der Waals surface area (Å²) in [5.74, 6) is -3.54. The monoisotopic (exact) mass is 379 g/mol. The van der Waals surface area contributed by atoms with Crippen LogP contribution >= 0.6 is 0 Å². The van der Waals surface area contributed by atoms with E-state index in [-0.39, 0.29) is 17.1 Å². The van der Waals surface area contributed by atoms with Gasteiger partial charge in [0.2, 0.25) is 0 Å². The molecule has 0 aliphatic heterocycles. The van der Waals surface area contributed by atoms with Gasteiger partial charge >= 0.3 is 29.0 Å². The Kier molecular flexibility index (Phi) is 14.8. The summed E-state index contributed by atoms with van der Waals surface area (Å²) < 4.78 is 0. The first-order valence-electron chi connectivity index (χ1n) is 6.79. The van der Waals surface area contributed by atoms with Gasteiger partial charge in [-0.05, 0) is 13.0 Å². The molecule has 0 bridgehead atoms. The summed E-state index contributed by atoms with van der Waals surface area (Å²) in [6.45, 7) is 0.754. The largest absolute Gasteiger partial charge is 2.00 e. The summed E-state index contributed by atoms with van der Waals surface area (Å²) >= 11 is 0. The molecule has 0 saturated carbocycles. The molecule has 0 aliphatic rings. The van der Waals surface area contributed by atoms with Crippen LogP contribution in [-0.4, -0.2) is 51.1 Å². The Balaban J connectivity index is 0. The minimum atomic E-state index is -2.27. The third-order valence-corrected chi connectivity index (χ3v) is 2.53. The zero-order chi connectivity index (χ0) is 17.7. The molecule has 0 unspecified atom stereocenters. The van der Waals surface area contributed by atoms with E-state index in [2.05, 4.69) is 12.1 Å². The Bertz CT molecular complexity index is 492. The fraction of sp³-hybridized carbons (Fsp3) is 0.250. The van der Waals surface area contributed by atoms with Gasteiger partial charge in [0.15, 0.2) is 12.2 Å². The van der Waals surface area contributed by atoms with Gasteiger partial charge in [0.1, 0.15) is 0 Å². The van der Waals surface area contributed by atoms with Crippen molar-refractivity contribution in [1.82, 2.24) is 0 Å². The van der Waals surface area contributed by atoms with Crippen LogP contribution in [-0.2, 0) is 33.1 Å². The molecule has 0 spiro atoms. The smallest absolute Gasteiger partial charge is 0.479 e. The fourth-order valence-corrected chi connectivity index (χ4v) is 1.34. The van der Waals surface area contributed by atoms with E-state index in [0.717, 1.165) is 13.0 Å². The van der Waals surface area contributed by atoms with Crippen molar-refractivity contribution in [2.75, 3.05) is 6.54 Å². The summed E-state index contributed by atoms with van der Waals surface area (Å²) in [5, 5.41) is 32.5. The van der Waals surface area contributed by atoms with E-state index in [1.54, 1.807) is 0 Å². The van der Waals surface area contributed by atoms with Crippen molar-refractivity contribution in [3.8, 4) is 0 Å². The summed E-state index contributed by atoms with van der Waals surface area (Å²) in [5.41, 5.74) is 6.66. The molecule has 2 atom stereocenters. The van der Waals surface area contributed by atoms with Crippen LogP contribution in [0.5, 0.6) is 0 Å². The van der Waals surface area contributed by atoms with Crippen molar-refractivity contribution in [2.45, 2.75) is 18.6 Å². The number of nitrogens with two attached hydrogens (primary N) is 1. The molecule has 2 aromatic carbocycles. The van der Waals surface area contributed by atoms with Gasteiger partial charge < -0.3 is 26.2 Å². The minimum absolute atomic E-state index is 0. The third-order valence-electron chi connectivity index (χ3n) is 2.53. The molecule has 8 heteroatoms. The van der Waals surface area contributed by atoms with Crippen LogP contribution in [0, 0.1) is 0 Å². The average molecular weight is 379 g/mol. The number of aliphatic carboxylic acids is 2. The predicted molar refractivity (Wildman–Crippen MR) is 84.1 cm³/mol. The van der Waals surface area contributed by atoms with Gasteiger partial charge in [-0.15, -0.1) is 0 Å². The zero-order valence-corrected chi connectivity index (χ0v) is 13.9. The number of hydrogen-bond acceptors (Lipinski definition) is 5. The molecule has 134 valence electrons. The third kappa shape index (κ3) is 11.6. The molecule has 0 aliphatic carbocycles. The van der Waals surface area contributed by atoms with Crippen LogP contribution in [0.25, 0.3) is 0 Å². The van der Waals surface area contributed by atoms with Gasteiger partial charge in [-0.25, -0.2) is 33.9 Å². The second kappa shape index (κ2) is 14.6. The molecule has 6 N–H and O–H groups in total. The molecular formula is C16H21FeNO6. The Morgan fingerprint density at radius 2 is 1.50 bits per heavy atom. The molecular weight excluding hydrogens is 358 g/mol. The molecule has 0 saturated heterocycles. The maximum absolute atomic E-state index is 9.77. The Hall–Kier alpha value is -1.96. The summed E-state index contributed by atoms with van der Waals surface area (Å²) in [6, 6.07) is 18.2. The van der Waals surface area contributed by atoms with E-state index >= 15 is 0 Å². The van der Waals surface area contributed by atoms with Gasteiger partial charge in [0.25, 0.3) is 0 Å². The van der Waals surface area contributed by atoms with Gasteiger partial charge in [-0.2, -0.15) is 35.9 Å². The number of rotatable bonds is 5. The predicted octanol–water partition coefficient (Wildman–Crippen LogP) is 0.187. The molecule has 0 radical (unpaired) electrons. The number of carbonyl (C=O) groups is 2. The molecule has 7 nitrogen and oxygen atoms in total. The van der Waals surface area contributed by atoms with Crippen molar-refractivity contribution >= 4 is 11.9 Å². The van der Waals surface area contributed by atoms with E-state index in [9.17, 15) is 9.59 Å². The van der Waals surface area contributed by atoms with Gasteiger partial charge in [-0.1, -0.05) is 0 Å². The molecule has 24 heavy (non-hydrogen) atoms. The van der Waals surface area contributed by atoms with Crippen molar-refractivity contribution < 1.29 is 47.1 Å².